The molecule has 2 nitrogen and oxygen atoms in total. The molecule has 0 saturated carbocycles. The van der Waals surface area contributed by atoms with Gasteiger partial charge in [-0.1, -0.05) is 97.1 Å². The summed E-state index contributed by atoms with van der Waals surface area (Å²) in [5.74, 6) is 0.736. The van der Waals surface area contributed by atoms with E-state index in [0.29, 0.717) is 0 Å². The maximum absolute atomic E-state index is 5.15. The Labute approximate surface area is 238 Å². The van der Waals surface area contributed by atoms with E-state index >= 15 is 0 Å². The first-order valence-electron chi connectivity index (χ1n) is 12.4. The number of hydrogen-bond acceptors (Lipinski definition) is 3. The second-order valence-corrected chi connectivity index (χ2v) is 11.4. The van der Waals surface area contributed by atoms with E-state index in [1.807, 2.05) is 11.3 Å². The Balaban J connectivity index is 1.43. The number of fused-ring (bicyclic) bond motifs is 3. The van der Waals surface area contributed by atoms with Crippen LogP contribution in [0.25, 0.3) is 65.1 Å². The fourth-order valence-electron chi connectivity index (χ4n) is 4.98. The van der Waals surface area contributed by atoms with E-state index < -0.39 is 0 Å². The molecular formula is C34H21IN2S. The summed E-state index contributed by atoms with van der Waals surface area (Å²) in [6, 6.07) is 44.9. The van der Waals surface area contributed by atoms with Crippen molar-refractivity contribution in [1.82, 2.24) is 9.97 Å². The van der Waals surface area contributed by atoms with Gasteiger partial charge in [0.1, 0.15) is 3.70 Å². The van der Waals surface area contributed by atoms with Gasteiger partial charge in [0, 0.05) is 31.3 Å². The predicted molar refractivity (Wildman–Crippen MR) is 169 cm³/mol. The Kier molecular flexibility index (Phi) is 5.99. The second-order valence-electron chi connectivity index (χ2n) is 9.21. The zero-order valence-corrected chi connectivity index (χ0v) is 23.3. The summed E-state index contributed by atoms with van der Waals surface area (Å²) in [5, 5.41) is 2.57. The predicted octanol–water partition coefficient (Wildman–Crippen LogP) is 10.1. The molecule has 0 aliphatic heterocycles. The monoisotopic (exact) mass is 616 g/mol. The maximum atomic E-state index is 5.15. The summed E-state index contributed by atoms with van der Waals surface area (Å²) in [6.45, 7) is 0. The average Bonchev–Trinajstić information content (AvgIpc) is 3.36. The number of aromatic nitrogens is 2. The van der Waals surface area contributed by atoms with Crippen LogP contribution in [0.3, 0.4) is 0 Å². The van der Waals surface area contributed by atoms with Crippen molar-refractivity contribution in [2.45, 2.75) is 0 Å². The third-order valence-corrected chi connectivity index (χ3v) is 8.55. The van der Waals surface area contributed by atoms with Crippen LogP contribution in [0.1, 0.15) is 0 Å². The van der Waals surface area contributed by atoms with Gasteiger partial charge in [0.05, 0.1) is 5.69 Å². The summed E-state index contributed by atoms with van der Waals surface area (Å²) in [7, 11) is 0. The lowest BCUT2D eigenvalue weighted by atomic mass is 9.96. The molecule has 180 valence electrons. The van der Waals surface area contributed by atoms with Gasteiger partial charge in [0.25, 0.3) is 0 Å². The van der Waals surface area contributed by atoms with Crippen molar-refractivity contribution in [2.24, 2.45) is 0 Å². The fourth-order valence-corrected chi connectivity index (χ4v) is 6.73. The van der Waals surface area contributed by atoms with E-state index in [1.165, 1.54) is 31.3 Å². The molecule has 7 rings (SSSR count). The molecule has 7 aromatic rings. The molecular weight excluding hydrogens is 595 g/mol. The number of hydrogen-bond donors (Lipinski definition) is 0. The molecule has 38 heavy (non-hydrogen) atoms. The lowest BCUT2D eigenvalue weighted by Crippen LogP contribution is -1.96. The van der Waals surface area contributed by atoms with Crippen molar-refractivity contribution >= 4 is 54.1 Å². The van der Waals surface area contributed by atoms with Gasteiger partial charge in [0.15, 0.2) is 5.82 Å². The summed E-state index contributed by atoms with van der Waals surface area (Å²) >= 11 is 4.14. The van der Waals surface area contributed by atoms with Crippen LogP contribution in [0.4, 0.5) is 0 Å². The van der Waals surface area contributed by atoms with Gasteiger partial charge < -0.3 is 0 Å². The molecule has 0 atom stereocenters. The molecule has 0 bridgehead atoms. The molecule has 0 amide bonds. The SMILES string of the molecule is Ic1cc(-c2cccc3c2sc2ccccc23)nc(-c2cc(-c3ccccc3)cc(-c3ccccc3)c2)n1. The molecule has 0 saturated heterocycles. The van der Waals surface area contributed by atoms with Crippen LogP contribution in [-0.2, 0) is 0 Å². The van der Waals surface area contributed by atoms with Crippen LogP contribution in [0.15, 0.2) is 127 Å². The Morgan fingerprint density at radius 2 is 1.11 bits per heavy atom. The van der Waals surface area contributed by atoms with Crippen molar-refractivity contribution in [3.05, 3.63) is 131 Å². The molecule has 0 fully saturated rings. The molecule has 5 aromatic carbocycles. The van der Waals surface area contributed by atoms with Gasteiger partial charge in [-0.3, -0.25) is 0 Å². The highest BCUT2D eigenvalue weighted by molar-refractivity contribution is 14.1. The highest BCUT2D eigenvalue weighted by Gasteiger charge is 2.15. The Morgan fingerprint density at radius 3 is 1.82 bits per heavy atom. The molecule has 0 radical (unpaired) electrons. The Hall–Kier alpha value is -3.87. The highest BCUT2D eigenvalue weighted by Crippen LogP contribution is 2.40. The number of nitrogens with zero attached hydrogens (tertiary/aromatic N) is 2. The molecule has 0 unspecified atom stereocenters. The Bertz CT molecular complexity index is 1870. The van der Waals surface area contributed by atoms with E-state index in [4.69, 9.17) is 9.97 Å². The molecule has 2 aromatic heterocycles. The third kappa shape index (κ3) is 4.30. The normalized spacial score (nSPS) is 11.3. The first-order chi connectivity index (χ1) is 18.7. The second kappa shape index (κ2) is 9.78. The van der Waals surface area contributed by atoms with Crippen LogP contribution in [0, 0.1) is 3.70 Å². The van der Waals surface area contributed by atoms with E-state index in [0.717, 1.165) is 37.5 Å². The summed E-state index contributed by atoms with van der Waals surface area (Å²) < 4.78 is 3.48. The topological polar surface area (TPSA) is 25.8 Å². The average molecular weight is 617 g/mol. The highest BCUT2D eigenvalue weighted by atomic mass is 127. The minimum atomic E-state index is 0.736. The van der Waals surface area contributed by atoms with E-state index in [2.05, 4.69) is 150 Å². The molecule has 2 heterocycles. The minimum absolute atomic E-state index is 0.736. The summed E-state index contributed by atoms with van der Waals surface area (Å²) in [6.07, 6.45) is 0. The van der Waals surface area contributed by atoms with Crippen molar-refractivity contribution in [2.75, 3.05) is 0 Å². The quantitative estimate of drug-likeness (QED) is 0.145. The number of benzene rings is 5. The molecule has 4 heteroatoms. The lowest BCUT2D eigenvalue weighted by Gasteiger charge is -2.12. The van der Waals surface area contributed by atoms with Crippen molar-refractivity contribution in [3.8, 4) is 44.9 Å². The maximum Gasteiger partial charge on any atom is 0.160 e. The van der Waals surface area contributed by atoms with Gasteiger partial charge in [-0.2, -0.15) is 0 Å². The number of rotatable bonds is 4. The van der Waals surface area contributed by atoms with Gasteiger partial charge >= 0.3 is 0 Å². The fraction of sp³-hybridized carbons (Fsp3) is 0. The molecule has 0 aliphatic rings. The van der Waals surface area contributed by atoms with Gasteiger partial charge in [-0.15, -0.1) is 11.3 Å². The standard InChI is InChI=1S/C34H21IN2S/c35-32-21-30(29-16-9-15-28-27-14-7-8-17-31(27)38-33(28)29)36-34(37-32)26-19-24(22-10-3-1-4-11-22)18-25(20-26)23-12-5-2-6-13-23/h1-21H. The molecule has 0 spiro atoms. The zero-order valence-electron chi connectivity index (χ0n) is 20.3. The van der Waals surface area contributed by atoms with E-state index in [-0.39, 0.29) is 0 Å². The first kappa shape index (κ1) is 23.3. The lowest BCUT2D eigenvalue weighted by molar-refractivity contribution is 1.15. The van der Waals surface area contributed by atoms with Crippen molar-refractivity contribution in [1.29, 1.82) is 0 Å². The van der Waals surface area contributed by atoms with Crippen LogP contribution in [0.5, 0.6) is 0 Å². The van der Waals surface area contributed by atoms with Crippen molar-refractivity contribution in [3.63, 3.8) is 0 Å². The number of thiophene rings is 1. The smallest absolute Gasteiger partial charge is 0.160 e. The largest absolute Gasteiger partial charge is 0.228 e. The summed E-state index contributed by atoms with van der Waals surface area (Å²) in [5.41, 5.74) is 7.75. The molecule has 0 aliphatic carbocycles. The van der Waals surface area contributed by atoms with Gasteiger partial charge in [0.2, 0.25) is 0 Å². The van der Waals surface area contributed by atoms with Crippen LogP contribution >= 0.6 is 33.9 Å². The van der Waals surface area contributed by atoms with Crippen LogP contribution in [0.2, 0.25) is 0 Å². The zero-order chi connectivity index (χ0) is 25.5. The van der Waals surface area contributed by atoms with Gasteiger partial charge in [-0.05, 0) is 75.2 Å². The first-order valence-corrected chi connectivity index (χ1v) is 14.3. The van der Waals surface area contributed by atoms with E-state index in [1.54, 1.807) is 0 Å². The van der Waals surface area contributed by atoms with Crippen LogP contribution < -0.4 is 0 Å². The van der Waals surface area contributed by atoms with Crippen LogP contribution in [-0.4, -0.2) is 9.97 Å². The third-order valence-electron chi connectivity index (χ3n) is 6.78. The van der Waals surface area contributed by atoms with Gasteiger partial charge in [-0.25, -0.2) is 9.97 Å². The molecule has 0 N–H and O–H groups in total. The van der Waals surface area contributed by atoms with Crippen molar-refractivity contribution < 1.29 is 0 Å². The number of halogens is 1. The van der Waals surface area contributed by atoms with E-state index in [9.17, 15) is 0 Å². The minimum Gasteiger partial charge on any atom is -0.228 e. The summed E-state index contributed by atoms with van der Waals surface area (Å²) in [4.78, 5) is 10.1. The Morgan fingerprint density at radius 1 is 0.500 bits per heavy atom.